The van der Waals surface area contributed by atoms with Crippen LogP contribution in [0, 0.1) is 5.92 Å². The minimum absolute atomic E-state index is 0.144. The van der Waals surface area contributed by atoms with Crippen LogP contribution in [0.15, 0.2) is 0 Å². The Labute approximate surface area is 132 Å². The highest BCUT2D eigenvalue weighted by Gasteiger charge is 2.21. The summed E-state index contributed by atoms with van der Waals surface area (Å²) in [5.41, 5.74) is -0.901. The Morgan fingerprint density at radius 1 is 1.05 bits per heavy atom. The van der Waals surface area contributed by atoms with Crippen molar-refractivity contribution < 1.29 is 24.2 Å². The lowest BCUT2D eigenvalue weighted by Crippen LogP contribution is -2.39. The van der Waals surface area contributed by atoms with Crippen LogP contribution in [-0.4, -0.2) is 54.6 Å². The van der Waals surface area contributed by atoms with Gasteiger partial charge in [0.1, 0.15) is 5.60 Å². The van der Waals surface area contributed by atoms with Crippen molar-refractivity contribution in [2.45, 2.75) is 52.7 Å². The van der Waals surface area contributed by atoms with Crippen molar-refractivity contribution in [3.05, 3.63) is 0 Å². The quantitative estimate of drug-likeness (QED) is 0.588. The van der Waals surface area contributed by atoms with Gasteiger partial charge in [0, 0.05) is 19.6 Å². The van der Waals surface area contributed by atoms with Crippen molar-refractivity contribution in [3.8, 4) is 0 Å². The Balaban J connectivity index is 3.91. The summed E-state index contributed by atoms with van der Waals surface area (Å²) in [6.07, 6.45) is -0.486. The minimum Gasteiger partial charge on any atom is -0.481 e. The van der Waals surface area contributed by atoms with Crippen molar-refractivity contribution in [2.75, 3.05) is 26.2 Å². The molecule has 0 aromatic heterocycles. The summed E-state index contributed by atoms with van der Waals surface area (Å²) in [5.74, 6) is -1.53. The molecule has 0 saturated heterocycles. The third-order valence-electron chi connectivity index (χ3n) is 2.43. The Kier molecular flexibility index (Phi) is 8.40. The van der Waals surface area contributed by atoms with E-state index in [9.17, 15) is 9.59 Å². The normalized spacial score (nSPS) is 13.5. The van der Waals surface area contributed by atoms with Gasteiger partial charge in [0.05, 0.1) is 18.1 Å². The maximum Gasteiger partial charge on any atom is 0.407 e. The fraction of sp³-hybridized carbons (Fsp3) is 0.867. The van der Waals surface area contributed by atoms with Gasteiger partial charge in [-0.3, -0.25) is 4.79 Å². The highest BCUT2D eigenvalue weighted by molar-refractivity contribution is 5.70. The van der Waals surface area contributed by atoms with Crippen molar-refractivity contribution in [3.63, 3.8) is 0 Å². The maximum absolute atomic E-state index is 11.4. The monoisotopic (exact) mass is 318 g/mol. The average Bonchev–Trinajstić information content (AvgIpc) is 2.28. The third-order valence-corrected chi connectivity index (χ3v) is 2.43. The maximum atomic E-state index is 11.4. The van der Waals surface area contributed by atoms with Gasteiger partial charge >= 0.3 is 12.1 Å². The predicted octanol–water partition coefficient (Wildman–Crippen LogP) is 1.62. The number of rotatable bonds is 8. The average molecular weight is 318 g/mol. The molecule has 7 nitrogen and oxygen atoms in total. The zero-order valence-corrected chi connectivity index (χ0v) is 14.5. The zero-order chi connectivity index (χ0) is 17.4. The van der Waals surface area contributed by atoms with E-state index in [1.165, 1.54) is 0 Å². The van der Waals surface area contributed by atoms with Crippen LogP contribution in [0.25, 0.3) is 0 Å². The molecule has 0 aromatic rings. The molecule has 0 fully saturated rings. The smallest absolute Gasteiger partial charge is 0.407 e. The van der Waals surface area contributed by atoms with Crippen LogP contribution in [0.5, 0.6) is 0 Å². The molecular weight excluding hydrogens is 288 g/mol. The van der Waals surface area contributed by atoms with E-state index in [2.05, 4.69) is 10.6 Å². The second-order valence-electron chi connectivity index (χ2n) is 7.09. The van der Waals surface area contributed by atoms with Crippen molar-refractivity contribution >= 4 is 12.1 Å². The van der Waals surface area contributed by atoms with E-state index in [4.69, 9.17) is 14.6 Å². The number of carboxylic acids is 1. The van der Waals surface area contributed by atoms with Gasteiger partial charge in [-0.25, -0.2) is 4.79 Å². The molecule has 1 amide bonds. The molecule has 0 unspecified atom stereocenters. The topological polar surface area (TPSA) is 96.9 Å². The summed E-state index contributed by atoms with van der Waals surface area (Å²) in [7, 11) is 0. The molecule has 0 aliphatic rings. The van der Waals surface area contributed by atoms with E-state index in [-0.39, 0.29) is 18.8 Å². The van der Waals surface area contributed by atoms with Gasteiger partial charge < -0.3 is 25.2 Å². The minimum atomic E-state index is -0.906. The first kappa shape index (κ1) is 20.7. The Morgan fingerprint density at radius 2 is 1.64 bits per heavy atom. The fourth-order valence-electron chi connectivity index (χ4n) is 1.41. The zero-order valence-electron chi connectivity index (χ0n) is 14.5. The van der Waals surface area contributed by atoms with Crippen LogP contribution >= 0.6 is 0 Å². The van der Waals surface area contributed by atoms with Crippen molar-refractivity contribution in [1.29, 1.82) is 0 Å². The number of ether oxygens (including phenoxy) is 2. The number of nitrogens with one attached hydrogen (secondary N) is 2. The molecule has 3 N–H and O–H groups in total. The van der Waals surface area contributed by atoms with E-state index in [1.807, 2.05) is 20.8 Å². The molecule has 130 valence electrons. The Bertz CT molecular complexity index is 358. The van der Waals surface area contributed by atoms with Crippen molar-refractivity contribution in [1.82, 2.24) is 10.6 Å². The van der Waals surface area contributed by atoms with Gasteiger partial charge in [-0.15, -0.1) is 0 Å². The number of aliphatic carboxylic acids is 1. The van der Waals surface area contributed by atoms with Crippen LogP contribution < -0.4 is 10.6 Å². The molecule has 0 heterocycles. The first-order valence-corrected chi connectivity index (χ1v) is 7.45. The molecule has 1 atom stereocenters. The van der Waals surface area contributed by atoms with E-state index >= 15 is 0 Å². The third kappa shape index (κ3) is 12.4. The first-order chi connectivity index (χ1) is 9.91. The summed E-state index contributed by atoms with van der Waals surface area (Å²) >= 11 is 0. The molecule has 0 bridgehead atoms. The van der Waals surface area contributed by atoms with E-state index in [0.717, 1.165) is 0 Å². The first-order valence-electron chi connectivity index (χ1n) is 7.45. The van der Waals surface area contributed by atoms with Crippen LogP contribution in [0.1, 0.15) is 41.5 Å². The number of carbonyl (C=O) groups excluding carboxylic acids is 1. The predicted molar refractivity (Wildman–Crippen MR) is 83.9 cm³/mol. The number of hydrogen-bond donors (Lipinski definition) is 3. The van der Waals surface area contributed by atoms with E-state index < -0.39 is 23.6 Å². The molecule has 22 heavy (non-hydrogen) atoms. The van der Waals surface area contributed by atoms with Gasteiger partial charge in [0.15, 0.2) is 0 Å². The van der Waals surface area contributed by atoms with Crippen LogP contribution in [-0.2, 0) is 14.3 Å². The second-order valence-corrected chi connectivity index (χ2v) is 7.09. The summed E-state index contributed by atoms with van der Waals surface area (Å²) < 4.78 is 10.6. The van der Waals surface area contributed by atoms with E-state index in [1.54, 1.807) is 20.8 Å². The highest BCUT2D eigenvalue weighted by atomic mass is 16.6. The summed E-state index contributed by atoms with van der Waals surface area (Å²) in [6.45, 7) is 12.2. The van der Waals surface area contributed by atoms with Gasteiger partial charge in [0.2, 0.25) is 0 Å². The molecule has 0 aliphatic heterocycles. The molecule has 0 radical (unpaired) electrons. The molecule has 0 spiro atoms. The number of hydrogen-bond acceptors (Lipinski definition) is 5. The van der Waals surface area contributed by atoms with E-state index in [0.29, 0.717) is 13.1 Å². The van der Waals surface area contributed by atoms with Gasteiger partial charge in [-0.05, 0) is 41.5 Å². The van der Waals surface area contributed by atoms with Gasteiger partial charge in [-0.2, -0.15) is 0 Å². The number of amides is 1. The second kappa shape index (κ2) is 8.95. The largest absolute Gasteiger partial charge is 0.481 e. The molecule has 0 saturated carbocycles. The van der Waals surface area contributed by atoms with Crippen LogP contribution in [0.3, 0.4) is 0 Å². The molecule has 7 heteroatoms. The molecular formula is C15H30N2O5. The lowest BCUT2D eigenvalue weighted by Gasteiger charge is -2.23. The van der Waals surface area contributed by atoms with Crippen LogP contribution in [0.4, 0.5) is 4.79 Å². The fourth-order valence-corrected chi connectivity index (χ4v) is 1.41. The SMILES string of the molecule is CC(C)(C)OC[C@@H](CNCCNC(=O)OC(C)(C)C)C(=O)O. The lowest BCUT2D eigenvalue weighted by molar-refractivity contribution is -0.145. The van der Waals surface area contributed by atoms with Crippen molar-refractivity contribution in [2.24, 2.45) is 5.92 Å². The van der Waals surface area contributed by atoms with Gasteiger partial charge in [-0.1, -0.05) is 0 Å². The summed E-state index contributed by atoms with van der Waals surface area (Å²) in [6, 6.07) is 0. The summed E-state index contributed by atoms with van der Waals surface area (Å²) in [5, 5.41) is 14.7. The standard InChI is InChI=1S/C15H30N2O5/c1-14(2,3)21-10-11(12(18)19)9-16-7-8-17-13(20)22-15(4,5)6/h11,16H,7-10H2,1-6H3,(H,17,20)(H,18,19)/t11-/m1/s1. The molecule has 0 aromatic carbocycles. The molecule has 0 aliphatic carbocycles. The number of alkyl carbamates (subject to hydrolysis) is 1. The van der Waals surface area contributed by atoms with Gasteiger partial charge in [0.25, 0.3) is 0 Å². The molecule has 0 rings (SSSR count). The highest BCUT2D eigenvalue weighted by Crippen LogP contribution is 2.09. The van der Waals surface area contributed by atoms with Crippen LogP contribution in [0.2, 0.25) is 0 Å². The number of carboxylic acid groups (broad SMARTS) is 1. The Hall–Kier alpha value is -1.34. The Morgan fingerprint density at radius 3 is 2.09 bits per heavy atom. The number of carbonyl (C=O) groups is 2. The summed E-state index contributed by atoms with van der Waals surface area (Å²) in [4.78, 5) is 22.5. The lowest BCUT2D eigenvalue weighted by atomic mass is 10.1.